The molecule has 0 aromatic heterocycles. The highest BCUT2D eigenvalue weighted by molar-refractivity contribution is 5.41. The van der Waals surface area contributed by atoms with Crippen LogP contribution in [-0.4, -0.2) is 25.2 Å². The Hall–Kier alpha value is -1.14. The first kappa shape index (κ1) is 13.9. The maximum atomic E-state index is 5.50. The molecule has 0 heterocycles. The fourth-order valence-corrected chi connectivity index (χ4v) is 1.26. The molecule has 0 fully saturated rings. The fraction of sp³-hybridized carbons (Fsp3) is 0.500. The molecule has 0 N–H and O–H groups in total. The Kier molecular flexibility index (Phi) is 6.57. The third kappa shape index (κ3) is 4.32. The number of rotatable bonds is 8. The second kappa shape index (κ2) is 8.03. The topological polar surface area (TPSA) is 34.2 Å². The normalized spacial score (nSPS) is 10.8. The lowest BCUT2D eigenvalue weighted by atomic mass is 10.3. The average Bonchev–Trinajstić information content (AvgIpc) is 2.37. The first-order valence-corrected chi connectivity index (χ1v) is 5.87. The molecule has 0 amide bonds. The summed E-state index contributed by atoms with van der Waals surface area (Å²) in [6.45, 7) is 7.20. The molecule has 0 aliphatic heterocycles. The summed E-state index contributed by atoms with van der Waals surface area (Å²) < 4.78 is 0. The fourth-order valence-electron chi connectivity index (χ4n) is 1.26. The monoisotopic (exact) mass is 240 g/mol. The van der Waals surface area contributed by atoms with E-state index in [-0.39, 0.29) is 0 Å². The van der Waals surface area contributed by atoms with E-state index in [1.165, 1.54) is 10.5 Å². The van der Waals surface area contributed by atoms with E-state index in [0.717, 1.165) is 5.69 Å². The number of benzene rings is 1. The molecule has 0 aliphatic carbocycles. The van der Waals surface area contributed by atoms with Gasteiger partial charge in [-0.25, -0.2) is 0 Å². The Balaban J connectivity index is 2.81. The van der Waals surface area contributed by atoms with Gasteiger partial charge in [0.25, 0.3) is 0 Å². The van der Waals surface area contributed by atoms with Gasteiger partial charge in [0, 0.05) is 0 Å². The van der Waals surface area contributed by atoms with Crippen LogP contribution in [0.2, 0.25) is 0 Å². The van der Waals surface area contributed by atoms with Crippen molar-refractivity contribution in [2.75, 3.05) is 25.0 Å². The zero-order chi connectivity index (χ0) is 12.5. The van der Waals surface area contributed by atoms with Crippen LogP contribution < -0.4 is 5.17 Å². The van der Waals surface area contributed by atoms with Gasteiger partial charge < -0.3 is 0 Å². The van der Waals surface area contributed by atoms with Gasteiger partial charge in [0.2, 0.25) is 0 Å². The second-order valence-electron chi connectivity index (χ2n) is 3.10. The van der Waals surface area contributed by atoms with Gasteiger partial charge in [0.15, 0.2) is 0 Å². The van der Waals surface area contributed by atoms with Gasteiger partial charge in [-0.15, -0.1) is 5.17 Å². The maximum Gasteiger partial charge on any atom is 0.0874 e. The van der Waals surface area contributed by atoms with Crippen molar-refractivity contribution in [2.45, 2.75) is 20.8 Å². The van der Waals surface area contributed by atoms with Crippen LogP contribution in [-0.2, 0) is 14.5 Å². The molecule has 1 aromatic rings. The zero-order valence-electron chi connectivity index (χ0n) is 10.6. The second-order valence-corrected chi connectivity index (χ2v) is 3.10. The Morgan fingerprint density at radius 1 is 0.824 bits per heavy atom. The molecule has 0 saturated heterocycles. The van der Waals surface area contributed by atoms with Gasteiger partial charge in [0.1, 0.15) is 0 Å². The smallest absolute Gasteiger partial charge is 0.0874 e. The molecular weight excluding hydrogens is 220 g/mol. The van der Waals surface area contributed by atoms with Gasteiger partial charge >= 0.3 is 0 Å². The van der Waals surface area contributed by atoms with E-state index in [9.17, 15) is 0 Å². The third-order valence-corrected chi connectivity index (χ3v) is 1.86. The van der Waals surface area contributed by atoms with Gasteiger partial charge in [-0.2, -0.15) is 0 Å². The Morgan fingerprint density at radius 3 is 1.82 bits per heavy atom. The predicted octanol–water partition coefficient (Wildman–Crippen LogP) is 2.56. The van der Waals surface area contributed by atoms with E-state index < -0.39 is 0 Å². The van der Waals surface area contributed by atoms with Crippen LogP contribution in [0.25, 0.3) is 0 Å². The van der Waals surface area contributed by atoms with Gasteiger partial charge in [-0.3, -0.25) is 14.5 Å². The maximum absolute atomic E-state index is 5.50. The van der Waals surface area contributed by atoms with Gasteiger partial charge in [-0.05, 0) is 32.9 Å². The highest BCUT2D eigenvalue weighted by Gasteiger charge is 2.18. The van der Waals surface area contributed by atoms with E-state index in [1.54, 1.807) is 0 Å². The van der Waals surface area contributed by atoms with Crippen LogP contribution in [0.1, 0.15) is 20.8 Å². The number of hydrogen-bond acceptors (Lipinski definition) is 5. The summed E-state index contributed by atoms with van der Waals surface area (Å²) >= 11 is 0. The van der Waals surface area contributed by atoms with Gasteiger partial charge in [0.05, 0.1) is 30.8 Å². The van der Waals surface area contributed by atoms with Crippen molar-refractivity contribution in [3.8, 4) is 0 Å². The highest BCUT2D eigenvalue weighted by atomic mass is 17.0. The SMILES string of the molecule is CCON(OCC)N(OCC)c1ccccc1. The molecule has 0 saturated carbocycles. The lowest BCUT2D eigenvalue weighted by Crippen LogP contribution is -2.43. The molecular formula is C12H20N2O3. The van der Waals surface area contributed by atoms with Crippen molar-refractivity contribution in [3.63, 3.8) is 0 Å². The molecule has 0 aliphatic rings. The molecule has 5 nitrogen and oxygen atoms in total. The predicted molar refractivity (Wildman–Crippen MR) is 65.6 cm³/mol. The van der Waals surface area contributed by atoms with Crippen molar-refractivity contribution in [1.82, 2.24) is 5.34 Å². The number of anilines is 1. The van der Waals surface area contributed by atoms with Crippen LogP contribution in [0.3, 0.4) is 0 Å². The molecule has 17 heavy (non-hydrogen) atoms. The summed E-state index contributed by atoms with van der Waals surface area (Å²) in [6.07, 6.45) is 0. The van der Waals surface area contributed by atoms with Crippen molar-refractivity contribution < 1.29 is 14.5 Å². The van der Waals surface area contributed by atoms with Crippen LogP contribution in [0.5, 0.6) is 0 Å². The Morgan fingerprint density at radius 2 is 1.35 bits per heavy atom. The van der Waals surface area contributed by atoms with E-state index >= 15 is 0 Å². The van der Waals surface area contributed by atoms with Crippen LogP contribution in [0.15, 0.2) is 30.3 Å². The number of hydrazine groups is 1. The molecule has 1 rings (SSSR count). The van der Waals surface area contributed by atoms with Crippen molar-refractivity contribution in [3.05, 3.63) is 30.3 Å². The zero-order valence-corrected chi connectivity index (χ0v) is 10.6. The van der Waals surface area contributed by atoms with Crippen LogP contribution in [0.4, 0.5) is 5.69 Å². The Bertz CT molecular complexity index is 289. The summed E-state index contributed by atoms with van der Waals surface area (Å²) in [7, 11) is 0. The molecule has 96 valence electrons. The summed E-state index contributed by atoms with van der Waals surface area (Å²) in [5.41, 5.74) is 0.844. The minimum Gasteiger partial charge on any atom is -0.254 e. The minimum atomic E-state index is 0.496. The quantitative estimate of drug-likeness (QED) is 0.652. The highest BCUT2D eigenvalue weighted by Crippen LogP contribution is 2.17. The number of hydrogen-bond donors (Lipinski definition) is 0. The van der Waals surface area contributed by atoms with E-state index in [1.807, 2.05) is 51.1 Å². The van der Waals surface area contributed by atoms with Crippen molar-refractivity contribution in [1.29, 1.82) is 0 Å². The largest absolute Gasteiger partial charge is 0.254 e. The lowest BCUT2D eigenvalue weighted by molar-refractivity contribution is -0.402. The molecule has 0 bridgehead atoms. The molecule has 5 heteroatoms. The molecule has 0 spiro atoms. The molecule has 0 radical (unpaired) electrons. The lowest BCUT2D eigenvalue weighted by Gasteiger charge is -2.31. The first-order chi connectivity index (χ1) is 8.33. The minimum absolute atomic E-state index is 0.496. The summed E-state index contributed by atoms with van der Waals surface area (Å²) in [5, 5.41) is 2.76. The summed E-state index contributed by atoms with van der Waals surface area (Å²) in [4.78, 5) is 16.2. The van der Waals surface area contributed by atoms with E-state index in [0.29, 0.717) is 19.8 Å². The standard InChI is InChI=1S/C12H20N2O3/c1-4-15-13(12-10-8-7-9-11-12)14(16-5-2)17-6-3/h7-11H,4-6H2,1-3H3. The third-order valence-electron chi connectivity index (χ3n) is 1.86. The van der Waals surface area contributed by atoms with Gasteiger partial charge in [-0.1, -0.05) is 18.2 Å². The van der Waals surface area contributed by atoms with E-state index in [4.69, 9.17) is 14.5 Å². The first-order valence-electron chi connectivity index (χ1n) is 5.87. The van der Waals surface area contributed by atoms with Crippen molar-refractivity contribution >= 4 is 5.69 Å². The van der Waals surface area contributed by atoms with Crippen LogP contribution in [0, 0.1) is 0 Å². The number of nitrogens with zero attached hydrogens (tertiary/aromatic N) is 2. The summed E-state index contributed by atoms with van der Waals surface area (Å²) in [6, 6.07) is 9.63. The summed E-state index contributed by atoms with van der Waals surface area (Å²) in [5.74, 6) is 0. The number of para-hydroxylation sites is 1. The van der Waals surface area contributed by atoms with Crippen LogP contribution >= 0.6 is 0 Å². The molecule has 0 atom stereocenters. The molecule has 1 aromatic carbocycles. The molecule has 0 unspecified atom stereocenters. The Labute approximate surface area is 102 Å². The van der Waals surface area contributed by atoms with Crippen molar-refractivity contribution in [2.24, 2.45) is 0 Å². The van der Waals surface area contributed by atoms with E-state index in [2.05, 4.69) is 0 Å². The average molecular weight is 240 g/mol.